The van der Waals surface area contributed by atoms with Gasteiger partial charge in [0.25, 0.3) is 0 Å². The van der Waals surface area contributed by atoms with Crippen molar-refractivity contribution in [3.63, 3.8) is 0 Å². The molecule has 54 valence electrons. The van der Waals surface area contributed by atoms with Gasteiger partial charge in [0.15, 0.2) is 0 Å². The highest BCUT2D eigenvalue weighted by Gasteiger charge is 2.70. The van der Waals surface area contributed by atoms with Crippen molar-refractivity contribution >= 4 is 0 Å². The Morgan fingerprint density at radius 3 is 1.00 bits per heavy atom. The number of hydrogen-bond donors (Lipinski definition) is 0. The highest BCUT2D eigenvalue weighted by molar-refractivity contribution is 5.18. The molecule has 4 fully saturated rings. The van der Waals surface area contributed by atoms with E-state index in [2.05, 4.69) is 0 Å². The Kier molecular flexibility index (Phi) is 0.570. The van der Waals surface area contributed by atoms with E-state index in [4.69, 9.17) is 0 Å². The van der Waals surface area contributed by atoms with Crippen molar-refractivity contribution in [1.29, 1.82) is 0 Å². The van der Waals surface area contributed by atoms with Crippen LogP contribution in [0.4, 0.5) is 0 Å². The van der Waals surface area contributed by atoms with Gasteiger partial charge in [-0.05, 0) is 61.2 Å². The minimum Gasteiger partial charge on any atom is -0.0496 e. The first-order valence-electron chi connectivity index (χ1n) is 4.97. The lowest BCUT2D eigenvalue weighted by Gasteiger charge is -2.77. The lowest BCUT2D eigenvalue weighted by atomic mass is 9.28. The van der Waals surface area contributed by atoms with Gasteiger partial charge < -0.3 is 0 Å². The summed E-state index contributed by atoms with van der Waals surface area (Å²) in [5, 5.41) is 0. The van der Waals surface area contributed by atoms with Crippen molar-refractivity contribution < 1.29 is 0 Å². The number of fused-ring (bicyclic) bond motifs is 7. The highest BCUT2D eigenvalue weighted by atomic mass is 14.7. The van der Waals surface area contributed by atoms with Crippen LogP contribution >= 0.6 is 0 Å². The maximum atomic E-state index is 1.61. The molecule has 10 heavy (non-hydrogen) atoms. The summed E-state index contributed by atoms with van der Waals surface area (Å²) in [4.78, 5) is 0. The Morgan fingerprint density at radius 1 is 0.500 bits per heavy atom. The maximum Gasteiger partial charge on any atom is -0.0318 e. The van der Waals surface area contributed by atoms with Gasteiger partial charge >= 0.3 is 0 Å². The first-order chi connectivity index (χ1) is 4.97. The van der Waals surface area contributed by atoms with Crippen molar-refractivity contribution in [3.8, 4) is 0 Å². The minimum absolute atomic E-state index is 1.26. The topological polar surface area (TPSA) is 0 Å². The molecule has 0 aliphatic heterocycles. The summed E-state index contributed by atoms with van der Waals surface area (Å²) in [6.07, 6.45) is 6.42. The highest BCUT2D eigenvalue weighted by Crippen LogP contribution is 2.76. The van der Waals surface area contributed by atoms with Gasteiger partial charge in [-0.2, -0.15) is 0 Å². The van der Waals surface area contributed by atoms with Crippen molar-refractivity contribution in [2.45, 2.75) is 25.7 Å². The first kappa shape index (κ1) is 4.79. The summed E-state index contributed by atoms with van der Waals surface area (Å²) < 4.78 is 0. The standard InChI is InChI=1S/C10H14/c1-2-6-5(1)9-7-3-4-8(7)10(6)9/h5-10H,1-4H2/t5-,6+,7?,8?,9?,10?. The maximum absolute atomic E-state index is 1.61. The molecule has 0 aromatic carbocycles. The first-order valence-corrected chi connectivity index (χ1v) is 4.97. The van der Waals surface area contributed by atoms with Crippen LogP contribution in [0.15, 0.2) is 0 Å². The molecule has 0 radical (unpaired) electrons. The molecule has 0 bridgehead atoms. The van der Waals surface area contributed by atoms with E-state index in [0.717, 1.165) is 0 Å². The van der Waals surface area contributed by atoms with Gasteiger partial charge in [-0.1, -0.05) is 0 Å². The van der Waals surface area contributed by atoms with E-state index in [9.17, 15) is 0 Å². The molecule has 0 heteroatoms. The van der Waals surface area contributed by atoms with E-state index in [1.807, 2.05) is 0 Å². The predicted octanol–water partition coefficient (Wildman–Crippen LogP) is 2.30. The third-order valence-electron chi connectivity index (χ3n) is 5.19. The monoisotopic (exact) mass is 134 g/mol. The SMILES string of the molecule is C1CC2C1C1C2[C@@H]2CC[C@H]12. The second-order valence-electron chi connectivity index (χ2n) is 4.96. The van der Waals surface area contributed by atoms with E-state index in [1.54, 1.807) is 25.7 Å². The molecule has 4 rings (SSSR count). The molecule has 0 N–H and O–H groups in total. The van der Waals surface area contributed by atoms with Gasteiger partial charge in [0.1, 0.15) is 0 Å². The second kappa shape index (κ2) is 1.19. The minimum atomic E-state index is 1.26. The lowest BCUT2D eigenvalue weighted by Crippen LogP contribution is -2.71. The van der Waals surface area contributed by atoms with Crippen LogP contribution in [0.5, 0.6) is 0 Å². The zero-order valence-corrected chi connectivity index (χ0v) is 6.29. The summed E-state index contributed by atoms with van der Waals surface area (Å²) in [5.41, 5.74) is 0. The van der Waals surface area contributed by atoms with Crippen molar-refractivity contribution in [3.05, 3.63) is 0 Å². The molecular weight excluding hydrogens is 120 g/mol. The molecule has 0 amide bonds. The molecule has 0 aromatic rings. The van der Waals surface area contributed by atoms with Crippen molar-refractivity contribution in [2.75, 3.05) is 0 Å². The average Bonchev–Trinajstić information content (AvgIpc) is 1.82. The molecule has 0 saturated heterocycles. The molecule has 0 nitrogen and oxygen atoms in total. The summed E-state index contributed by atoms with van der Waals surface area (Å²) >= 11 is 0. The normalized spacial score (nSPS) is 74.4. The Hall–Kier alpha value is 0. The van der Waals surface area contributed by atoms with E-state index >= 15 is 0 Å². The van der Waals surface area contributed by atoms with Crippen LogP contribution in [-0.4, -0.2) is 0 Å². The third kappa shape index (κ3) is 0.271. The fraction of sp³-hybridized carbons (Fsp3) is 1.00. The van der Waals surface area contributed by atoms with Gasteiger partial charge in [0, 0.05) is 0 Å². The quantitative estimate of drug-likeness (QED) is 0.477. The average molecular weight is 134 g/mol. The van der Waals surface area contributed by atoms with Gasteiger partial charge in [0.05, 0.1) is 0 Å². The van der Waals surface area contributed by atoms with Crippen molar-refractivity contribution in [2.24, 2.45) is 35.5 Å². The fourth-order valence-corrected chi connectivity index (χ4v) is 4.50. The molecule has 4 saturated carbocycles. The summed E-state index contributed by atoms with van der Waals surface area (Å²) in [6.45, 7) is 0. The van der Waals surface area contributed by atoms with Crippen LogP contribution in [-0.2, 0) is 0 Å². The fourth-order valence-electron chi connectivity index (χ4n) is 4.50. The smallest absolute Gasteiger partial charge is 0.0318 e. The molecule has 0 spiro atoms. The van der Waals surface area contributed by atoms with E-state index in [-0.39, 0.29) is 0 Å². The van der Waals surface area contributed by atoms with Gasteiger partial charge in [-0.3, -0.25) is 0 Å². The molecule has 4 aliphatic rings. The van der Waals surface area contributed by atoms with Gasteiger partial charge in [-0.25, -0.2) is 0 Å². The largest absolute Gasteiger partial charge is 0.0496 e. The van der Waals surface area contributed by atoms with Gasteiger partial charge in [-0.15, -0.1) is 0 Å². The summed E-state index contributed by atoms with van der Waals surface area (Å²) in [5.74, 6) is 7.58. The van der Waals surface area contributed by atoms with Crippen LogP contribution in [0.25, 0.3) is 0 Å². The second-order valence-corrected chi connectivity index (χ2v) is 4.96. The van der Waals surface area contributed by atoms with Gasteiger partial charge in [0.2, 0.25) is 0 Å². The molecular formula is C10H14. The van der Waals surface area contributed by atoms with Crippen LogP contribution in [0.2, 0.25) is 0 Å². The zero-order valence-electron chi connectivity index (χ0n) is 6.29. The van der Waals surface area contributed by atoms with Crippen LogP contribution < -0.4 is 0 Å². The van der Waals surface area contributed by atoms with Crippen LogP contribution in [0.1, 0.15) is 25.7 Å². The molecule has 4 aliphatic carbocycles. The Morgan fingerprint density at radius 2 is 0.800 bits per heavy atom. The summed E-state index contributed by atoms with van der Waals surface area (Å²) in [7, 11) is 0. The molecule has 0 heterocycles. The zero-order chi connectivity index (χ0) is 6.29. The van der Waals surface area contributed by atoms with E-state index in [0.29, 0.717) is 0 Å². The number of hydrogen-bond acceptors (Lipinski definition) is 0. The Labute approximate surface area is 62.0 Å². The summed E-state index contributed by atoms with van der Waals surface area (Å²) in [6, 6.07) is 0. The molecule has 0 aromatic heterocycles. The van der Waals surface area contributed by atoms with E-state index < -0.39 is 0 Å². The molecule has 4 unspecified atom stereocenters. The van der Waals surface area contributed by atoms with Crippen LogP contribution in [0, 0.1) is 35.5 Å². The van der Waals surface area contributed by atoms with Crippen LogP contribution in [0.3, 0.4) is 0 Å². The lowest BCUT2D eigenvalue weighted by molar-refractivity contribution is -0.286. The molecule has 6 atom stereocenters. The van der Waals surface area contributed by atoms with E-state index in [1.165, 1.54) is 35.5 Å². The predicted molar refractivity (Wildman–Crippen MR) is 39.4 cm³/mol. The van der Waals surface area contributed by atoms with Crippen molar-refractivity contribution in [1.82, 2.24) is 0 Å². The third-order valence-corrected chi connectivity index (χ3v) is 5.19. The number of rotatable bonds is 0. The Bertz CT molecular complexity index is 154. The Balaban J connectivity index is 1.69.